The molecule has 0 saturated carbocycles. The van der Waals surface area contributed by atoms with Crippen molar-refractivity contribution in [1.82, 2.24) is 5.32 Å². The summed E-state index contributed by atoms with van der Waals surface area (Å²) in [4.78, 5) is 0. The summed E-state index contributed by atoms with van der Waals surface area (Å²) in [6.07, 6.45) is 0. The molecular weight excluding hydrogens is 248 g/mol. The molecule has 2 aromatic rings. The van der Waals surface area contributed by atoms with Crippen molar-refractivity contribution < 1.29 is 13.5 Å². The number of nitrogens with one attached hydrogen (secondary N) is 1. The maximum atomic E-state index is 13.9. The molecule has 1 N–H and O–H groups in total. The molecule has 0 fully saturated rings. The van der Waals surface area contributed by atoms with E-state index in [9.17, 15) is 8.78 Å². The first-order valence-electron chi connectivity index (χ1n) is 6.00. The minimum atomic E-state index is -0.441. The molecule has 0 radical (unpaired) electrons. The highest BCUT2D eigenvalue weighted by molar-refractivity contribution is 5.35. The highest BCUT2D eigenvalue weighted by atomic mass is 19.1. The molecule has 0 aromatic heterocycles. The van der Waals surface area contributed by atoms with Gasteiger partial charge in [-0.3, -0.25) is 0 Å². The van der Waals surface area contributed by atoms with Gasteiger partial charge in [0.25, 0.3) is 0 Å². The molecule has 0 spiro atoms. The lowest BCUT2D eigenvalue weighted by molar-refractivity contribution is 0.439. The molecule has 0 aliphatic rings. The lowest BCUT2D eigenvalue weighted by Gasteiger charge is -2.12. The van der Waals surface area contributed by atoms with E-state index in [0.717, 1.165) is 5.56 Å². The van der Waals surface area contributed by atoms with Crippen molar-refractivity contribution in [2.75, 3.05) is 7.05 Å². The zero-order valence-corrected chi connectivity index (χ0v) is 10.8. The first-order valence-corrected chi connectivity index (χ1v) is 6.00. The Morgan fingerprint density at radius 3 is 2.32 bits per heavy atom. The highest BCUT2D eigenvalue weighted by Gasteiger charge is 2.09. The van der Waals surface area contributed by atoms with Gasteiger partial charge in [-0.15, -0.1) is 0 Å². The minimum absolute atomic E-state index is 0.0642. The average Bonchev–Trinajstić information content (AvgIpc) is 2.42. The van der Waals surface area contributed by atoms with Crippen LogP contribution >= 0.6 is 0 Å². The van der Waals surface area contributed by atoms with Gasteiger partial charge in [-0.2, -0.15) is 0 Å². The Hall–Kier alpha value is -1.94. The molecule has 0 amide bonds. The number of halogens is 2. The fourth-order valence-corrected chi connectivity index (χ4v) is 1.67. The summed E-state index contributed by atoms with van der Waals surface area (Å²) in [6.45, 7) is 1.94. The van der Waals surface area contributed by atoms with E-state index in [-0.39, 0.29) is 17.6 Å². The van der Waals surface area contributed by atoms with E-state index in [1.807, 2.05) is 14.0 Å². The topological polar surface area (TPSA) is 21.3 Å². The molecule has 100 valence electrons. The van der Waals surface area contributed by atoms with Gasteiger partial charge in [0.2, 0.25) is 0 Å². The minimum Gasteiger partial charge on any atom is -0.454 e. The monoisotopic (exact) mass is 263 g/mol. The summed E-state index contributed by atoms with van der Waals surface area (Å²) >= 11 is 0. The highest BCUT2D eigenvalue weighted by Crippen LogP contribution is 2.26. The molecule has 0 aliphatic carbocycles. The van der Waals surface area contributed by atoms with Gasteiger partial charge in [-0.25, -0.2) is 8.78 Å². The SMILES string of the molecule is CNC(C)c1ccc(Oc2ccc(F)cc2)c(F)c1. The summed E-state index contributed by atoms with van der Waals surface area (Å²) in [7, 11) is 1.81. The van der Waals surface area contributed by atoms with Crippen LogP contribution in [0.25, 0.3) is 0 Å². The van der Waals surface area contributed by atoms with Crippen LogP contribution in [0.5, 0.6) is 11.5 Å². The van der Waals surface area contributed by atoms with Crippen LogP contribution < -0.4 is 10.1 Å². The number of rotatable bonds is 4. The molecular formula is C15H15F2NO. The van der Waals surface area contributed by atoms with Gasteiger partial charge in [-0.05, 0) is 55.9 Å². The van der Waals surface area contributed by atoms with E-state index in [4.69, 9.17) is 4.74 Å². The zero-order chi connectivity index (χ0) is 13.8. The maximum Gasteiger partial charge on any atom is 0.166 e. The van der Waals surface area contributed by atoms with Crippen LogP contribution in [0.4, 0.5) is 8.78 Å². The van der Waals surface area contributed by atoms with Crippen molar-refractivity contribution in [1.29, 1.82) is 0 Å². The number of benzene rings is 2. The third-order valence-electron chi connectivity index (χ3n) is 2.93. The number of hydrogen-bond donors (Lipinski definition) is 1. The van der Waals surface area contributed by atoms with Crippen LogP contribution in [-0.2, 0) is 0 Å². The molecule has 0 aliphatic heterocycles. The van der Waals surface area contributed by atoms with E-state index in [0.29, 0.717) is 5.75 Å². The van der Waals surface area contributed by atoms with Crippen LogP contribution in [0, 0.1) is 11.6 Å². The summed E-state index contributed by atoms with van der Waals surface area (Å²) in [5, 5.41) is 3.03. The molecule has 0 bridgehead atoms. The summed E-state index contributed by atoms with van der Waals surface area (Å²) in [5.74, 6) is -0.275. The summed E-state index contributed by atoms with van der Waals surface area (Å²) in [5.41, 5.74) is 0.839. The lowest BCUT2D eigenvalue weighted by Crippen LogP contribution is -2.12. The second-order valence-electron chi connectivity index (χ2n) is 4.26. The van der Waals surface area contributed by atoms with Crippen LogP contribution in [-0.4, -0.2) is 7.05 Å². The average molecular weight is 263 g/mol. The molecule has 0 saturated heterocycles. The predicted molar refractivity (Wildman–Crippen MR) is 70.3 cm³/mol. The Balaban J connectivity index is 2.19. The van der Waals surface area contributed by atoms with Gasteiger partial charge < -0.3 is 10.1 Å². The van der Waals surface area contributed by atoms with Crippen molar-refractivity contribution >= 4 is 0 Å². The lowest BCUT2D eigenvalue weighted by atomic mass is 10.1. The quantitative estimate of drug-likeness (QED) is 0.899. The Morgan fingerprint density at radius 1 is 1.05 bits per heavy atom. The fraction of sp³-hybridized carbons (Fsp3) is 0.200. The number of ether oxygens (including phenoxy) is 1. The Morgan fingerprint density at radius 2 is 1.74 bits per heavy atom. The molecule has 1 atom stereocenters. The third kappa shape index (κ3) is 3.29. The maximum absolute atomic E-state index is 13.9. The van der Waals surface area contributed by atoms with Crippen molar-refractivity contribution in [3.05, 3.63) is 59.7 Å². The molecule has 2 rings (SSSR count). The van der Waals surface area contributed by atoms with Gasteiger partial charge in [0.1, 0.15) is 11.6 Å². The van der Waals surface area contributed by atoms with Crippen molar-refractivity contribution in [3.63, 3.8) is 0 Å². The van der Waals surface area contributed by atoms with Crippen molar-refractivity contribution in [2.45, 2.75) is 13.0 Å². The fourth-order valence-electron chi connectivity index (χ4n) is 1.67. The standard InChI is InChI=1S/C15H15F2NO/c1-10(18-2)11-3-8-15(14(17)9-11)19-13-6-4-12(16)5-7-13/h3-10,18H,1-2H3. The Labute approximate surface area is 111 Å². The van der Waals surface area contributed by atoms with Crippen LogP contribution in [0.3, 0.4) is 0 Å². The zero-order valence-electron chi connectivity index (χ0n) is 10.8. The molecule has 2 nitrogen and oxygen atoms in total. The van der Waals surface area contributed by atoms with Gasteiger partial charge in [0.15, 0.2) is 11.6 Å². The Kier molecular flexibility index (Phi) is 4.12. The van der Waals surface area contributed by atoms with Gasteiger partial charge in [0, 0.05) is 6.04 Å². The van der Waals surface area contributed by atoms with E-state index < -0.39 is 5.82 Å². The molecule has 19 heavy (non-hydrogen) atoms. The summed E-state index contributed by atoms with van der Waals surface area (Å²) < 4.78 is 32.0. The predicted octanol–water partition coefficient (Wildman–Crippen LogP) is 4.04. The first-order chi connectivity index (χ1) is 9.10. The van der Waals surface area contributed by atoms with E-state index in [1.165, 1.54) is 30.3 Å². The van der Waals surface area contributed by atoms with Crippen LogP contribution in [0.2, 0.25) is 0 Å². The van der Waals surface area contributed by atoms with Crippen LogP contribution in [0.15, 0.2) is 42.5 Å². The van der Waals surface area contributed by atoms with Crippen LogP contribution in [0.1, 0.15) is 18.5 Å². The first kappa shape index (κ1) is 13.5. The second kappa shape index (κ2) is 5.80. The molecule has 4 heteroatoms. The van der Waals surface area contributed by atoms with E-state index in [2.05, 4.69) is 5.32 Å². The van der Waals surface area contributed by atoms with E-state index >= 15 is 0 Å². The van der Waals surface area contributed by atoms with E-state index in [1.54, 1.807) is 12.1 Å². The molecule has 1 unspecified atom stereocenters. The van der Waals surface area contributed by atoms with Gasteiger partial charge >= 0.3 is 0 Å². The summed E-state index contributed by atoms with van der Waals surface area (Å²) in [6, 6.07) is 10.3. The normalized spacial score (nSPS) is 12.2. The second-order valence-corrected chi connectivity index (χ2v) is 4.26. The number of hydrogen-bond acceptors (Lipinski definition) is 2. The molecule has 0 heterocycles. The smallest absolute Gasteiger partial charge is 0.166 e. The van der Waals surface area contributed by atoms with Gasteiger partial charge in [0.05, 0.1) is 0 Å². The molecule has 2 aromatic carbocycles. The largest absolute Gasteiger partial charge is 0.454 e. The van der Waals surface area contributed by atoms with Crippen molar-refractivity contribution in [3.8, 4) is 11.5 Å². The third-order valence-corrected chi connectivity index (χ3v) is 2.93. The Bertz CT molecular complexity index is 555. The van der Waals surface area contributed by atoms with Crippen molar-refractivity contribution in [2.24, 2.45) is 0 Å². The van der Waals surface area contributed by atoms with Gasteiger partial charge in [-0.1, -0.05) is 6.07 Å².